The average Bonchev–Trinajstić information content (AvgIpc) is 3.15. The van der Waals surface area contributed by atoms with Crippen LogP contribution < -0.4 is 0 Å². The number of aliphatic hydroxyl groups is 1. The number of cyclic esters (lactones) is 2. The fourth-order valence-corrected chi connectivity index (χ4v) is 8.05. The Kier molecular flexibility index (Phi) is 3.36. The predicted octanol–water partition coefficient (Wildman–Crippen LogP) is 2.36. The molecule has 5 aliphatic rings. The van der Waals surface area contributed by atoms with E-state index in [9.17, 15) is 14.7 Å². The highest BCUT2D eigenvalue weighted by Crippen LogP contribution is 2.72. The van der Waals surface area contributed by atoms with E-state index < -0.39 is 27.6 Å². The number of hydrogen-bond donors (Lipinski definition) is 1. The molecule has 5 fully saturated rings. The number of hydrogen-bond acceptors (Lipinski definition) is 6. The molecule has 27 heavy (non-hydrogen) atoms. The molecular weight excluding hydrogens is 348 g/mol. The topological polar surface area (TPSA) is 82.1 Å². The Labute approximate surface area is 159 Å². The lowest BCUT2D eigenvalue weighted by atomic mass is 9.39. The highest BCUT2D eigenvalue weighted by molar-refractivity contribution is 5.82. The lowest BCUT2D eigenvalue weighted by Crippen LogP contribution is -2.76. The maximum Gasteiger partial charge on any atom is 0.338 e. The molecule has 0 radical (unpaired) electrons. The summed E-state index contributed by atoms with van der Waals surface area (Å²) < 4.78 is 17.9. The van der Waals surface area contributed by atoms with Crippen LogP contribution >= 0.6 is 0 Å². The Balaban J connectivity index is 1.67. The molecule has 2 bridgehead atoms. The second-order valence-corrected chi connectivity index (χ2v) is 10.3. The summed E-state index contributed by atoms with van der Waals surface area (Å²) in [4.78, 5) is 25.3. The normalized spacial score (nSPS) is 56.9. The van der Waals surface area contributed by atoms with Gasteiger partial charge in [-0.15, -0.1) is 0 Å². The highest BCUT2D eigenvalue weighted by atomic mass is 16.6. The summed E-state index contributed by atoms with van der Waals surface area (Å²) in [6.45, 7) is 6.65. The molecule has 150 valence electrons. The fraction of sp³-hybridized carbons (Fsp3) is 0.905. The number of carbonyl (C=O) groups is 2. The molecule has 0 aromatic rings. The quantitative estimate of drug-likeness (QED) is 0.652. The Bertz CT molecular complexity index is 717. The largest absolute Gasteiger partial charge is 0.465 e. The summed E-state index contributed by atoms with van der Waals surface area (Å²) in [5, 5.41) is 11.5. The van der Waals surface area contributed by atoms with Crippen molar-refractivity contribution in [1.29, 1.82) is 0 Å². The van der Waals surface area contributed by atoms with Gasteiger partial charge in [-0.05, 0) is 51.9 Å². The first-order valence-electron chi connectivity index (χ1n) is 10.4. The van der Waals surface area contributed by atoms with Crippen LogP contribution in [0.4, 0.5) is 0 Å². The van der Waals surface area contributed by atoms with E-state index >= 15 is 0 Å². The van der Waals surface area contributed by atoms with Crippen molar-refractivity contribution in [1.82, 2.24) is 0 Å². The smallest absolute Gasteiger partial charge is 0.338 e. The molecule has 3 aliphatic heterocycles. The highest BCUT2D eigenvalue weighted by Gasteiger charge is 2.78. The van der Waals surface area contributed by atoms with Crippen molar-refractivity contribution in [2.24, 2.45) is 22.7 Å². The van der Waals surface area contributed by atoms with Gasteiger partial charge in [0.1, 0.15) is 6.61 Å². The van der Waals surface area contributed by atoms with Crippen LogP contribution in [0.15, 0.2) is 0 Å². The van der Waals surface area contributed by atoms with Crippen LogP contribution in [0.5, 0.6) is 0 Å². The molecule has 1 N–H and O–H groups in total. The lowest BCUT2D eigenvalue weighted by molar-refractivity contribution is -0.321. The van der Waals surface area contributed by atoms with Gasteiger partial charge in [-0.3, -0.25) is 4.79 Å². The number of esters is 2. The van der Waals surface area contributed by atoms with Gasteiger partial charge in [-0.1, -0.05) is 13.3 Å². The lowest BCUT2D eigenvalue weighted by Gasteiger charge is -2.69. The Morgan fingerprint density at radius 1 is 1.00 bits per heavy atom. The second-order valence-electron chi connectivity index (χ2n) is 10.3. The van der Waals surface area contributed by atoms with E-state index in [0.717, 1.165) is 25.7 Å². The van der Waals surface area contributed by atoms with E-state index in [1.807, 2.05) is 13.8 Å². The van der Waals surface area contributed by atoms with Crippen molar-refractivity contribution in [2.75, 3.05) is 13.2 Å². The second kappa shape index (κ2) is 5.07. The minimum absolute atomic E-state index is 0.0654. The fourth-order valence-electron chi connectivity index (χ4n) is 8.05. The van der Waals surface area contributed by atoms with Gasteiger partial charge >= 0.3 is 11.9 Å². The van der Waals surface area contributed by atoms with Gasteiger partial charge in [0.2, 0.25) is 0 Å². The van der Waals surface area contributed by atoms with Gasteiger partial charge in [0.25, 0.3) is 0 Å². The predicted molar refractivity (Wildman–Crippen MR) is 94.6 cm³/mol. The van der Waals surface area contributed by atoms with E-state index in [-0.39, 0.29) is 30.4 Å². The zero-order valence-corrected chi connectivity index (χ0v) is 16.5. The molecule has 3 saturated heterocycles. The first-order valence-corrected chi connectivity index (χ1v) is 10.4. The summed E-state index contributed by atoms with van der Waals surface area (Å²) >= 11 is 0. The first kappa shape index (κ1) is 17.9. The summed E-state index contributed by atoms with van der Waals surface area (Å²) in [7, 11) is 0. The zero-order chi connectivity index (χ0) is 19.3. The molecule has 7 atom stereocenters. The van der Waals surface area contributed by atoms with Crippen molar-refractivity contribution in [3.8, 4) is 0 Å². The van der Waals surface area contributed by atoms with Gasteiger partial charge in [0.05, 0.1) is 23.2 Å². The zero-order valence-electron chi connectivity index (χ0n) is 16.5. The average molecular weight is 378 g/mol. The summed E-state index contributed by atoms with van der Waals surface area (Å²) in [5.41, 5.74) is -3.55. The van der Waals surface area contributed by atoms with Crippen LogP contribution in [0.3, 0.4) is 0 Å². The van der Waals surface area contributed by atoms with Crippen LogP contribution in [-0.2, 0) is 23.8 Å². The van der Waals surface area contributed by atoms with Gasteiger partial charge < -0.3 is 19.3 Å². The van der Waals surface area contributed by atoms with Gasteiger partial charge in [0, 0.05) is 17.8 Å². The van der Waals surface area contributed by atoms with Crippen molar-refractivity contribution in [2.45, 2.75) is 82.5 Å². The van der Waals surface area contributed by atoms with Crippen molar-refractivity contribution in [3.05, 3.63) is 0 Å². The third kappa shape index (κ3) is 1.89. The Hall–Kier alpha value is -1.14. The van der Waals surface area contributed by atoms with Crippen molar-refractivity contribution >= 4 is 11.9 Å². The minimum Gasteiger partial charge on any atom is -0.465 e. The maximum absolute atomic E-state index is 12.8. The summed E-state index contributed by atoms with van der Waals surface area (Å²) in [6.07, 6.45) is 5.05. The van der Waals surface area contributed by atoms with E-state index in [1.54, 1.807) is 0 Å². The molecule has 5 rings (SSSR count). The molecule has 0 aromatic heterocycles. The van der Waals surface area contributed by atoms with Crippen LogP contribution in [0.1, 0.15) is 65.7 Å². The van der Waals surface area contributed by atoms with Crippen LogP contribution in [0.25, 0.3) is 0 Å². The standard InChI is InChI=1S/C21H30O6/c1-13-11-18(3,24)14-17(2)5-4-6-19(14,12-26-15(17)22)21(13)8-7-20(27-21)9-10-25-16(20)23/h13-14,24H,4-12H2,1-3H3/t13-,14+,17+,18+,19-,20-,21-/m1/s1. The molecule has 0 unspecified atom stereocenters. The minimum atomic E-state index is -0.964. The number of carbonyl (C=O) groups excluding carboxylic acids is 2. The van der Waals surface area contributed by atoms with E-state index in [0.29, 0.717) is 25.9 Å². The molecule has 6 nitrogen and oxygen atoms in total. The molecule has 2 saturated carbocycles. The van der Waals surface area contributed by atoms with Crippen LogP contribution in [0, 0.1) is 22.7 Å². The van der Waals surface area contributed by atoms with Crippen molar-refractivity contribution < 1.29 is 28.9 Å². The van der Waals surface area contributed by atoms with E-state index in [4.69, 9.17) is 14.2 Å². The number of ether oxygens (including phenoxy) is 3. The van der Waals surface area contributed by atoms with Gasteiger partial charge in [0.15, 0.2) is 5.60 Å². The Morgan fingerprint density at radius 2 is 1.78 bits per heavy atom. The van der Waals surface area contributed by atoms with E-state index in [2.05, 4.69) is 6.92 Å². The maximum atomic E-state index is 12.8. The molecule has 0 amide bonds. The third-order valence-corrected chi connectivity index (χ3v) is 8.80. The molecule has 2 aliphatic carbocycles. The van der Waals surface area contributed by atoms with Crippen LogP contribution in [-0.4, -0.2) is 47.1 Å². The van der Waals surface area contributed by atoms with Crippen LogP contribution in [0.2, 0.25) is 0 Å². The molecule has 3 heterocycles. The molecular formula is C21H30O6. The molecule has 0 aromatic carbocycles. The summed E-state index contributed by atoms with van der Waals surface area (Å²) in [5.74, 6) is -0.601. The molecule has 6 heteroatoms. The third-order valence-electron chi connectivity index (χ3n) is 8.80. The van der Waals surface area contributed by atoms with E-state index in [1.165, 1.54) is 0 Å². The summed E-state index contributed by atoms with van der Waals surface area (Å²) in [6, 6.07) is 0. The first-order chi connectivity index (χ1) is 12.6. The van der Waals surface area contributed by atoms with Crippen molar-refractivity contribution in [3.63, 3.8) is 0 Å². The Morgan fingerprint density at radius 3 is 2.48 bits per heavy atom. The SMILES string of the molecule is C[C@@H]1C[C@](C)(O)[C@H]2[C@]3(CCC[C@]2(C)C(=O)OC3)[C@@]12CC[C@]1(CCOC1=O)O2. The monoisotopic (exact) mass is 378 g/mol. The number of rotatable bonds is 0. The van der Waals surface area contributed by atoms with Gasteiger partial charge in [-0.2, -0.15) is 0 Å². The molecule has 2 spiro atoms. The van der Waals surface area contributed by atoms with Gasteiger partial charge in [-0.25, -0.2) is 4.79 Å².